The Labute approximate surface area is 171 Å². The molecule has 0 fully saturated rings. The fourth-order valence-electron chi connectivity index (χ4n) is 2.87. The molecule has 3 aromatic heterocycles. The van der Waals surface area contributed by atoms with Crippen LogP contribution in [0.3, 0.4) is 0 Å². The molecule has 0 spiro atoms. The average molecular weight is 400 g/mol. The largest absolute Gasteiger partial charge is 0.493 e. The molecule has 142 valence electrons. The van der Waals surface area contributed by atoms with Gasteiger partial charge in [-0.25, -0.2) is 9.97 Å². The Kier molecular flexibility index (Phi) is 5.49. The Hall–Kier alpha value is -3.70. The number of nitrogens with zero attached hydrogens (tertiary/aromatic N) is 6. The molecule has 8 heteroatoms. The van der Waals surface area contributed by atoms with E-state index in [1.807, 2.05) is 43.3 Å². The summed E-state index contributed by atoms with van der Waals surface area (Å²) >= 11 is 1.42. The van der Waals surface area contributed by atoms with Crippen LogP contribution in [0.4, 0.5) is 5.82 Å². The summed E-state index contributed by atoms with van der Waals surface area (Å²) < 4.78 is 6.47. The molecule has 0 aliphatic rings. The minimum atomic E-state index is 0.399. The summed E-state index contributed by atoms with van der Waals surface area (Å²) in [5.74, 6) is 1.17. The van der Waals surface area contributed by atoms with Gasteiger partial charge in [0.1, 0.15) is 28.4 Å². The zero-order valence-electron chi connectivity index (χ0n) is 15.6. The number of aromatic nitrogens is 3. The van der Waals surface area contributed by atoms with E-state index in [1.54, 1.807) is 12.4 Å². The van der Waals surface area contributed by atoms with E-state index in [2.05, 4.69) is 31.2 Å². The summed E-state index contributed by atoms with van der Waals surface area (Å²) in [4.78, 5) is 13.4. The van der Waals surface area contributed by atoms with Crippen molar-refractivity contribution >= 4 is 27.4 Å². The quantitative estimate of drug-likeness (QED) is 0.409. The SMILES string of the molecule is CCOc1ccccc1-c1sc2c(N=NCc3cccnc3)ncnc2c1C#N. The minimum absolute atomic E-state index is 0.399. The van der Waals surface area contributed by atoms with E-state index in [-0.39, 0.29) is 0 Å². The van der Waals surface area contributed by atoms with Crippen molar-refractivity contribution in [3.8, 4) is 22.3 Å². The van der Waals surface area contributed by atoms with Crippen LogP contribution in [0, 0.1) is 11.3 Å². The molecule has 0 atom stereocenters. The topological polar surface area (TPSA) is 96.4 Å². The lowest BCUT2D eigenvalue weighted by Crippen LogP contribution is -1.93. The number of nitriles is 1. The molecule has 7 nitrogen and oxygen atoms in total. The molecule has 1 aromatic carbocycles. The van der Waals surface area contributed by atoms with Gasteiger partial charge >= 0.3 is 0 Å². The highest BCUT2D eigenvalue weighted by atomic mass is 32.1. The van der Waals surface area contributed by atoms with Crippen LogP contribution < -0.4 is 4.74 Å². The summed E-state index contributed by atoms with van der Waals surface area (Å²) in [5, 5.41) is 18.3. The maximum Gasteiger partial charge on any atom is 0.195 e. The molecule has 29 heavy (non-hydrogen) atoms. The van der Waals surface area contributed by atoms with E-state index in [9.17, 15) is 5.26 Å². The predicted octanol–water partition coefficient (Wildman–Crippen LogP) is 5.31. The van der Waals surface area contributed by atoms with Crippen molar-refractivity contribution in [3.05, 3.63) is 66.2 Å². The first-order valence-electron chi connectivity index (χ1n) is 8.98. The Morgan fingerprint density at radius 3 is 2.86 bits per heavy atom. The third-order valence-corrected chi connectivity index (χ3v) is 5.35. The van der Waals surface area contributed by atoms with E-state index in [0.717, 1.165) is 26.5 Å². The standard InChI is InChI=1S/C21H16N6OS/c1-2-28-17-8-4-3-7-15(17)19-16(10-22)18-20(29-19)21(25-13-24-18)27-26-12-14-6-5-9-23-11-14/h3-9,11,13H,2,12H2,1H3. The van der Waals surface area contributed by atoms with Crippen molar-refractivity contribution < 1.29 is 4.74 Å². The van der Waals surface area contributed by atoms with Crippen LogP contribution in [0.1, 0.15) is 18.1 Å². The second-order valence-corrected chi connectivity index (χ2v) is 7.00. The van der Waals surface area contributed by atoms with E-state index in [1.165, 1.54) is 17.7 Å². The molecule has 0 unspecified atom stereocenters. The van der Waals surface area contributed by atoms with Gasteiger partial charge in [0.2, 0.25) is 0 Å². The molecule has 4 aromatic rings. The highest BCUT2D eigenvalue weighted by Crippen LogP contribution is 2.43. The molecule has 3 heterocycles. The predicted molar refractivity (Wildman–Crippen MR) is 111 cm³/mol. The second-order valence-electron chi connectivity index (χ2n) is 5.98. The van der Waals surface area contributed by atoms with Crippen LogP contribution >= 0.6 is 11.3 Å². The Morgan fingerprint density at radius 2 is 2.07 bits per heavy atom. The van der Waals surface area contributed by atoms with Gasteiger partial charge in [0, 0.05) is 18.0 Å². The van der Waals surface area contributed by atoms with E-state index < -0.39 is 0 Å². The van der Waals surface area contributed by atoms with Gasteiger partial charge in [0.25, 0.3) is 0 Å². The molecule has 0 aliphatic carbocycles. The third kappa shape index (κ3) is 3.81. The summed E-state index contributed by atoms with van der Waals surface area (Å²) in [6, 6.07) is 13.7. The van der Waals surface area contributed by atoms with Crippen molar-refractivity contribution in [1.29, 1.82) is 5.26 Å². The number of rotatable bonds is 6. The molecule has 0 amide bonds. The van der Waals surface area contributed by atoms with Crippen molar-refractivity contribution in [2.75, 3.05) is 6.61 Å². The summed E-state index contributed by atoms with van der Waals surface area (Å²) in [7, 11) is 0. The zero-order valence-corrected chi connectivity index (χ0v) is 16.4. The van der Waals surface area contributed by atoms with Gasteiger partial charge in [-0.05, 0) is 30.7 Å². The smallest absolute Gasteiger partial charge is 0.195 e. The second kappa shape index (κ2) is 8.54. The van der Waals surface area contributed by atoms with Crippen LogP contribution in [-0.2, 0) is 6.54 Å². The minimum Gasteiger partial charge on any atom is -0.493 e. The molecule has 0 bridgehead atoms. The number of para-hydroxylation sites is 1. The number of ether oxygens (including phenoxy) is 1. The van der Waals surface area contributed by atoms with Gasteiger partial charge in [-0.1, -0.05) is 18.2 Å². The summed E-state index contributed by atoms with van der Waals surface area (Å²) in [5.41, 5.74) is 2.87. The first-order chi connectivity index (χ1) is 14.3. The number of thiophene rings is 1. The Balaban J connectivity index is 1.77. The van der Waals surface area contributed by atoms with Crippen molar-refractivity contribution in [1.82, 2.24) is 15.0 Å². The van der Waals surface area contributed by atoms with Gasteiger partial charge in [-0.2, -0.15) is 10.4 Å². The van der Waals surface area contributed by atoms with Gasteiger partial charge < -0.3 is 4.74 Å². The number of azo groups is 1. The van der Waals surface area contributed by atoms with Crippen LogP contribution in [-0.4, -0.2) is 21.6 Å². The van der Waals surface area contributed by atoms with E-state index >= 15 is 0 Å². The molecular formula is C21H16N6OS. The average Bonchev–Trinajstić information content (AvgIpc) is 3.14. The molecule has 0 saturated carbocycles. The lowest BCUT2D eigenvalue weighted by atomic mass is 10.1. The van der Waals surface area contributed by atoms with Gasteiger partial charge in [0.15, 0.2) is 5.82 Å². The lowest BCUT2D eigenvalue weighted by molar-refractivity contribution is 0.341. The van der Waals surface area contributed by atoms with E-state index in [4.69, 9.17) is 4.74 Å². The normalized spacial score (nSPS) is 11.0. The van der Waals surface area contributed by atoms with Crippen LogP contribution in [0.5, 0.6) is 5.75 Å². The van der Waals surface area contributed by atoms with Crippen LogP contribution in [0.25, 0.3) is 20.7 Å². The maximum absolute atomic E-state index is 9.80. The summed E-state index contributed by atoms with van der Waals surface area (Å²) in [6.45, 7) is 2.87. The number of fused-ring (bicyclic) bond motifs is 1. The zero-order chi connectivity index (χ0) is 20.1. The molecular weight excluding hydrogens is 384 g/mol. The lowest BCUT2D eigenvalue weighted by Gasteiger charge is -2.08. The first kappa shape index (κ1) is 18.7. The number of pyridine rings is 1. The number of benzene rings is 1. The van der Waals surface area contributed by atoms with Crippen molar-refractivity contribution in [2.24, 2.45) is 10.2 Å². The van der Waals surface area contributed by atoms with Crippen LogP contribution in [0.2, 0.25) is 0 Å². The Morgan fingerprint density at radius 1 is 1.17 bits per heavy atom. The van der Waals surface area contributed by atoms with E-state index in [0.29, 0.717) is 30.0 Å². The molecule has 0 aliphatic heterocycles. The van der Waals surface area contributed by atoms with Gasteiger partial charge in [-0.3, -0.25) is 4.98 Å². The highest BCUT2D eigenvalue weighted by Gasteiger charge is 2.20. The highest BCUT2D eigenvalue weighted by molar-refractivity contribution is 7.23. The fraction of sp³-hybridized carbons (Fsp3) is 0.143. The molecule has 4 rings (SSSR count). The number of hydrogen-bond donors (Lipinski definition) is 0. The molecule has 0 saturated heterocycles. The molecule has 0 N–H and O–H groups in total. The van der Waals surface area contributed by atoms with Gasteiger partial charge in [-0.15, -0.1) is 16.5 Å². The van der Waals surface area contributed by atoms with Crippen molar-refractivity contribution in [2.45, 2.75) is 13.5 Å². The molecule has 0 radical (unpaired) electrons. The number of hydrogen-bond acceptors (Lipinski definition) is 8. The van der Waals surface area contributed by atoms with Gasteiger partial charge in [0.05, 0.1) is 23.6 Å². The maximum atomic E-state index is 9.80. The monoisotopic (exact) mass is 400 g/mol. The fourth-order valence-corrected chi connectivity index (χ4v) is 4.04. The van der Waals surface area contributed by atoms with Crippen LogP contribution in [0.15, 0.2) is 65.3 Å². The Bertz CT molecular complexity index is 1210. The summed E-state index contributed by atoms with van der Waals surface area (Å²) in [6.07, 6.45) is 4.87. The third-order valence-electron chi connectivity index (χ3n) is 4.14. The van der Waals surface area contributed by atoms with Crippen molar-refractivity contribution in [3.63, 3.8) is 0 Å². The first-order valence-corrected chi connectivity index (χ1v) is 9.79.